The second-order valence-corrected chi connectivity index (χ2v) is 11.3. The van der Waals surface area contributed by atoms with Crippen molar-refractivity contribution in [2.24, 2.45) is 0 Å². The van der Waals surface area contributed by atoms with Crippen LogP contribution < -0.4 is 15.5 Å². The largest absolute Gasteiger partial charge is 0.361 e. The molecule has 2 aliphatic carbocycles. The molecule has 3 heterocycles. The van der Waals surface area contributed by atoms with E-state index < -0.39 is 23.9 Å². The minimum Gasteiger partial charge on any atom is -0.361 e. The molecule has 214 valence electrons. The summed E-state index contributed by atoms with van der Waals surface area (Å²) in [7, 11) is 0. The summed E-state index contributed by atoms with van der Waals surface area (Å²) in [5, 5.41) is 9.66. The summed E-state index contributed by atoms with van der Waals surface area (Å²) >= 11 is 0. The summed E-state index contributed by atoms with van der Waals surface area (Å²) in [4.78, 5) is 67.4. The van der Waals surface area contributed by atoms with E-state index in [0.717, 1.165) is 51.0 Å². The number of amides is 5. The highest BCUT2D eigenvalue weighted by molar-refractivity contribution is 6.08. The normalized spacial score (nSPS) is 21.7. The van der Waals surface area contributed by atoms with Gasteiger partial charge in [-0.15, -0.1) is 0 Å². The molecule has 2 aromatic rings. The van der Waals surface area contributed by atoms with Gasteiger partial charge in [-0.25, -0.2) is 0 Å². The molecule has 0 spiro atoms. The van der Waals surface area contributed by atoms with Crippen LogP contribution in [0.25, 0.3) is 0 Å². The third kappa shape index (κ3) is 5.05. The number of carbonyl (C=O) groups is 5. The maximum absolute atomic E-state index is 13.8. The summed E-state index contributed by atoms with van der Waals surface area (Å²) in [5.41, 5.74) is 1.75. The van der Waals surface area contributed by atoms with E-state index in [2.05, 4.69) is 22.4 Å². The average molecular weight is 560 g/mol. The van der Waals surface area contributed by atoms with Gasteiger partial charge in [-0.05, 0) is 61.9 Å². The Morgan fingerprint density at radius 1 is 1.10 bits per heavy atom. The molecule has 2 atom stereocenters. The summed E-state index contributed by atoms with van der Waals surface area (Å²) in [5.74, 6) is -1.08. The monoisotopic (exact) mass is 559 g/mol. The smallest absolute Gasteiger partial charge is 0.255 e. The molecule has 0 bridgehead atoms. The molecule has 2 saturated carbocycles. The Labute approximate surface area is 237 Å². The fourth-order valence-electron chi connectivity index (χ4n) is 6.26. The van der Waals surface area contributed by atoms with Crippen LogP contribution in [0.3, 0.4) is 0 Å². The van der Waals surface area contributed by atoms with Gasteiger partial charge in [0.05, 0.1) is 0 Å². The number of aromatic nitrogens is 1. The lowest BCUT2D eigenvalue weighted by atomic mass is 9.83. The molecule has 11 nitrogen and oxygen atoms in total. The van der Waals surface area contributed by atoms with Crippen molar-refractivity contribution in [3.63, 3.8) is 0 Å². The molecule has 2 aliphatic heterocycles. The zero-order chi connectivity index (χ0) is 28.7. The highest BCUT2D eigenvalue weighted by atomic mass is 16.5. The zero-order valence-electron chi connectivity index (χ0n) is 22.8. The maximum Gasteiger partial charge on any atom is 0.255 e. The number of hydrogen-bond acceptors (Lipinski definition) is 7. The van der Waals surface area contributed by atoms with Gasteiger partial charge >= 0.3 is 0 Å². The van der Waals surface area contributed by atoms with Crippen LogP contribution in [0.1, 0.15) is 97.1 Å². The van der Waals surface area contributed by atoms with Crippen molar-refractivity contribution in [3.05, 3.63) is 59.5 Å². The van der Waals surface area contributed by atoms with Gasteiger partial charge in [-0.3, -0.25) is 34.2 Å². The van der Waals surface area contributed by atoms with E-state index in [1.807, 2.05) is 0 Å². The van der Waals surface area contributed by atoms with E-state index in [1.54, 1.807) is 24.3 Å². The predicted octanol–water partition coefficient (Wildman–Crippen LogP) is 3.02. The minimum absolute atomic E-state index is 0.0170. The number of nitrogens with one attached hydrogen (secondary N) is 2. The first kappa shape index (κ1) is 26.9. The van der Waals surface area contributed by atoms with Crippen LogP contribution in [0.4, 0.5) is 5.69 Å². The quantitative estimate of drug-likeness (QED) is 0.374. The minimum atomic E-state index is -1.11. The van der Waals surface area contributed by atoms with Crippen molar-refractivity contribution in [2.75, 3.05) is 4.90 Å². The highest BCUT2D eigenvalue weighted by Gasteiger charge is 2.41. The van der Waals surface area contributed by atoms with E-state index in [0.29, 0.717) is 28.3 Å². The molecule has 2 N–H and O–H groups in total. The van der Waals surface area contributed by atoms with Crippen molar-refractivity contribution in [3.8, 4) is 0 Å². The van der Waals surface area contributed by atoms with Gasteiger partial charge in [0, 0.05) is 42.2 Å². The molecular weight excluding hydrogens is 526 g/mol. The van der Waals surface area contributed by atoms with Gasteiger partial charge in [0.1, 0.15) is 17.5 Å². The molecule has 4 aliphatic rings. The van der Waals surface area contributed by atoms with Gasteiger partial charge < -0.3 is 14.7 Å². The topological polar surface area (TPSA) is 142 Å². The molecule has 11 heteroatoms. The second kappa shape index (κ2) is 10.9. The first-order valence-corrected chi connectivity index (χ1v) is 14.3. The number of piperidine rings is 1. The van der Waals surface area contributed by atoms with Gasteiger partial charge in [0.2, 0.25) is 17.7 Å². The van der Waals surface area contributed by atoms with E-state index in [9.17, 15) is 24.0 Å². The fourth-order valence-corrected chi connectivity index (χ4v) is 6.26. The number of nitrogens with zero attached hydrogens (tertiary/aromatic N) is 3. The third-order valence-electron chi connectivity index (χ3n) is 8.74. The van der Waals surface area contributed by atoms with E-state index >= 15 is 0 Å². The van der Waals surface area contributed by atoms with Gasteiger partial charge in [-0.2, -0.15) is 0 Å². The number of hydrogen-bond donors (Lipinski definition) is 2. The standard InChI is InChI=1S/C30H33N5O6/c1-2-26(37)35(20-10-11-21-18(14-20)16-34(30(21)40)23-12-13-25(36)32-28(23)38)27(29(39)31-19-8-3-4-9-19)22-15-24(41-33-22)17-6-5-7-17/h2,10-11,14-15,17,19,23,27H,1,3-9,12-13,16H2,(H,31,39)(H,32,36,38). The zero-order valence-corrected chi connectivity index (χ0v) is 22.8. The Kier molecular flexibility index (Phi) is 7.19. The Morgan fingerprint density at radius 3 is 2.56 bits per heavy atom. The van der Waals surface area contributed by atoms with Crippen molar-refractivity contribution in [1.29, 1.82) is 0 Å². The number of anilines is 1. The molecular formula is C30H33N5O6. The molecule has 41 heavy (non-hydrogen) atoms. The molecule has 3 fully saturated rings. The van der Waals surface area contributed by atoms with Crippen LogP contribution in [0.2, 0.25) is 0 Å². The van der Waals surface area contributed by atoms with Crippen LogP contribution in [-0.4, -0.2) is 51.7 Å². The van der Waals surface area contributed by atoms with Crippen LogP contribution in [0.5, 0.6) is 0 Å². The third-order valence-corrected chi connectivity index (χ3v) is 8.74. The first-order valence-electron chi connectivity index (χ1n) is 14.3. The first-order chi connectivity index (χ1) is 19.8. The van der Waals surface area contributed by atoms with E-state index in [4.69, 9.17) is 4.52 Å². The molecule has 2 unspecified atom stereocenters. The van der Waals surface area contributed by atoms with Crippen LogP contribution in [0, 0.1) is 0 Å². The van der Waals surface area contributed by atoms with Gasteiger partial charge in [-0.1, -0.05) is 31.0 Å². The van der Waals surface area contributed by atoms with Gasteiger partial charge in [0.25, 0.3) is 11.8 Å². The molecule has 1 aromatic heterocycles. The lowest BCUT2D eigenvalue weighted by Crippen LogP contribution is -2.52. The lowest BCUT2D eigenvalue weighted by Gasteiger charge is -2.30. The summed E-state index contributed by atoms with van der Waals surface area (Å²) in [6.45, 7) is 3.81. The second-order valence-electron chi connectivity index (χ2n) is 11.3. The Hall–Kier alpha value is -4.28. The highest BCUT2D eigenvalue weighted by Crippen LogP contribution is 2.39. The number of carbonyl (C=O) groups excluding carboxylic acids is 5. The van der Waals surface area contributed by atoms with Crippen molar-refractivity contribution in [2.45, 2.75) is 88.4 Å². The van der Waals surface area contributed by atoms with E-state index in [1.165, 1.54) is 9.80 Å². The Morgan fingerprint density at radius 2 is 1.88 bits per heavy atom. The average Bonchev–Trinajstić information content (AvgIpc) is 3.67. The van der Waals surface area contributed by atoms with Crippen molar-refractivity contribution < 1.29 is 28.5 Å². The molecule has 5 amide bonds. The summed E-state index contributed by atoms with van der Waals surface area (Å²) in [6.07, 6.45) is 8.45. The Balaban J connectivity index is 1.34. The van der Waals surface area contributed by atoms with Crippen LogP contribution in [-0.2, 0) is 25.7 Å². The number of benzene rings is 1. The molecule has 1 saturated heterocycles. The molecule has 6 rings (SSSR count). The van der Waals surface area contributed by atoms with Crippen LogP contribution >= 0.6 is 0 Å². The number of rotatable bonds is 8. The maximum atomic E-state index is 13.8. The Bertz CT molecular complexity index is 1420. The van der Waals surface area contributed by atoms with E-state index in [-0.39, 0.29) is 49.1 Å². The summed E-state index contributed by atoms with van der Waals surface area (Å²) < 4.78 is 5.65. The molecule has 1 aromatic carbocycles. The van der Waals surface area contributed by atoms with Gasteiger partial charge in [0.15, 0.2) is 6.04 Å². The predicted molar refractivity (Wildman–Crippen MR) is 146 cm³/mol. The number of fused-ring (bicyclic) bond motifs is 1. The fraction of sp³-hybridized carbons (Fsp3) is 0.467. The van der Waals surface area contributed by atoms with Crippen molar-refractivity contribution in [1.82, 2.24) is 20.7 Å². The number of imide groups is 1. The SMILES string of the molecule is C=CC(=O)N(c1ccc2c(c1)CN(C1CCC(=O)NC1=O)C2=O)C(C(=O)NC1CCCC1)c1cc(C2CCC2)on1. The molecule has 0 radical (unpaired) electrons. The van der Waals surface area contributed by atoms with Crippen LogP contribution in [0.15, 0.2) is 41.4 Å². The lowest BCUT2D eigenvalue weighted by molar-refractivity contribution is -0.137. The summed E-state index contributed by atoms with van der Waals surface area (Å²) in [6, 6.07) is 4.85. The van der Waals surface area contributed by atoms with Crippen molar-refractivity contribution >= 4 is 35.2 Å².